The lowest BCUT2D eigenvalue weighted by Crippen LogP contribution is -2.06. The minimum atomic E-state index is -0.960. The zero-order chi connectivity index (χ0) is 13.0. The van der Waals surface area contributed by atoms with E-state index in [1.165, 1.54) is 18.3 Å². The predicted octanol–water partition coefficient (Wildman–Crippen LogP) is 2.51. The lowest BCUT2D eigenvalue weighted by molar-refractivity contribution is 0.168. The lowest BCUT2D eigenvalue weighted by Gasteiger charge is -2.11. The molecule has 2 rings (SSSR count). The van der Waals surface area contributed by atoms with Crippen molar-refractivity contribution in [1.82, 2.24) is 4.98 Å². The summed E-state index contributed by atoms with van der Waals surface area (Å²) in [5, 5.41) is 9.98. The molecule has 94 valence electrons. The lowest BCUT2D eigenvalue weighted by atomic mass is 10.0. The molecule has 1 aromatic carbocycles. The molecule has 0 amide bonds. The number of hydrogen-bond donors (Lipinski definition) is 1. The van der Waals surface area contributed by atoms with Gasteiger partial charge >= 0.3 is 0 Å². The van der Waals surface area contributed by atoms with Crippen LogP contribution in [0.15, 0.2) is 42.6 Å². The number of pyridine rings is 1. The average molecular weight is 247 g/mol. The highest BCUT2D eigenvalue weighted by Crippen LogP contribution is 2.21. The molecule has 1 aromatic heterocycles. The van der Waals surface area contributed by atoms with Crippen LogP contribution in [-0.2, 0) is 6.42 Å². The normalized spacial score (nSPS) is 12.2. The number of ether oxygens (including phenoxy) is 1. The number of halogens is 1. The van der Waals surface area contributed by atoms with Crippen LogP contribution in [0, 0.1) is 5.82 Å². The molecule has 1 unspecified atom stereocenters. The molecule has 0 bridgehead atoms. The first-order chi connectivity index (χ1) is 8.70. The van der Waals surface area contributed by atoms with E-state index in [1.807, 2.05) is 24.3 Å². The van der Waals surface area contributed by atoms with E-state index in [0.717, 1.165) is 5.56 Å². The fraction of sp³-hybridized carbons (Fsp3) is 0.214. The van der Waals surface area contributed by atoms with Crippen LogP contribution in [0.5, 0.6) is 5.75 Å². The van der Waals surface area contributed by atoms with Crippen molar-refractivity contribution in [3.63, 3.8) is 0 Å². The van der Waals surface area contributed by atoms with E-state index in [2.05, 4.69) is 4.98 Å². The number of benzene rings is 1. The van der Waals surface area contributed by atoms with Crippen molar-refractivity contribution < 1.29 is 14.2 Å². The summed E-state index contributed by atoms with van der Waals surface area (Å²) < 4.78 is 18.5. The van der Waals surface area contributed by atoms with Gasteiger partial charge in [-0.3, -0.25) is 4.98 Å². The molecule has 0 spiro atoms. The summed E-state index contributed by atoms with van der Waals surface area (Å²) in [6, 6.07) is 10.1. The van der Waals surface area contributed by atoms with Crippen LogP contribution in [0.25, 0.3) is 0 Å². The molecule has 0 aliphatic rings. The van der Waals surface area contributed by atoms with Gasteiger partial charge < -0.3 is 9.84 Å². The first kappa shape index (κ1) is 12.5. The summed E-state index contributed by atoms with van der Waals surface area (Å²) in [5.41, 5.74) is 0.937. The molecule has 1 heterocycles. The SMILES string of the molecule is COc1cccc(CC(O)c2ncccc2F)c1. The standard InChI is InChI=1S/C14H14FNO2/c1-18-11-5-2-4-10(8-11)9-13(17)14-12(15)6-3-7-16-14/h2-8,13,17H,9H2,1H3. The molecule has 0 radical (unpaired) electrons. The Morgan fingerprint density at radius 2 is 2.17 bits per heavy atom. The molecular weight excluding hydrogens is 233 g/mol. The zero-order valence-corrected chi connectivity index (χ0v) is 10.0. The second kappa shape index (κ2) is 5.60. The van der Waals surface area contributed by atoms with Gasteiger partial charge in [0.1, 0.15) is 23.4 Å². The smallest absolute Gasteiger partial charge is 0.147 e. The molecular formula is C14H14FNO2. The number of nitrogens with zero attached hydrogens (tertiary/aromatic N) is 1. The Balaban J connectivity index is 2.16. The van der Waals surface area contributed by atoms with Crippen molar-refractivity contribution >= 4 is 0 Å². The fourth-order valence-corrected chi connectivity index (χ4v) is 1.76. The van der Waals surface area contributed by atoms with Gasteiger partial charge in [0.2, 0.25) is 0 Å². The summed E-state index contributed by atoms with van der Waals surface area (Å²) in [6.45, 7) is 0. The van der Waals surface area contributed by atoms with Crippen LogP contribution >= 0.6 is 0 Å². The maximum absolute atomic E-state index is 13.4. The van der Waals surface area contributed by atoms with Gasteiger partial charge in [-0.15, -0.1) is 0 Å². The first-order valence-corrected chi connectivity index (χ1v) is 5.62. The molecule has 3 nitrogen and oxygen atoms in total. The number of aliphatic hydroxyl groups excluding tert-OH is 1. The monoisotopic (exact) mass is 247 g/mol. The Morgan fingerprint density at radius 3 is 2.89 bits per heavy atom. The van der Waals surface area contributed by atoms with Crippen LogP contribution in [0.3, 0.4) is 0 Å². The number of aliphatic hydroxyl groups is 1. The Morgan fingerprint density at radius 1 is 1.33 bits per heavy atom. The topological polar surface area (TPSA) is 42.4 Å². The van der Waals surface area contributed by atoms with Crippen LogP contribution in [0.1, 0.15) is 17.4 Å². The van der Waals surface area contributed by atoms with Crippen LogP contribution in [0.2, 0.25) is 0 Å². The average Bonchev–Trinajstić information content (AvgIpc) is 2.39. The third-order valence-electron chi connectivity index (χ3n) is 2.67. The Hall–Kier alpha value is -1.94. The maximum atomic E-state index is 13.4. The molecule has 0 aliphatic heterocycles. The van der Waals surface area contributed by atoms with E-state index in [1.54, 1.807) is 7.11 Å². The van der Waals surface area contributed by atoms with E-state index in [4.69, 9.17) is 4.74 Å². The number of aromatic nitrogens is 1. The fourth-order valence-electron chi connectivity index (χ4n) is 1.76. The molecule has 4 heteroatoms. The van der Waals surface area contributed by atoms with Gasteiger partial charge in [0.05, 0.1) is 7.11 Å². The molecule has 1 atom stereocenters. The highest BCUT2D eigenvalue weighted by molar-refractivity contribution is 5.29. The molecule has 0 fully saturated rings. The zero-order valence-electron chi connectivity index (χ0n) is 10.0. The Bertz CT molecular complexity index is 531. The molecule has 0 saturated heterocycles. The van der Waals surface area contributed by atoms with E-state index in [-0.39, 0.29) is 5.69 Å². The van der Waals surface area contributed by atoms with Crippen molar-refractivity contribution in [2.24, 2.45) is 0 Å². The number of methoxy groups -OCH3 is 1. The van der Waals surface area contributed by atoms with E-state index < -0.39 is 11.9 Å². The second-order valence-corrected chi connectivity index (χ2v) is 3.94. The van der Waals surface area contributed by atoms with Crippen LogP contribution < -0.4 is 4.74 Å². The molecule has 1 N–H and O–H groups in total. The van der Waals surface area contributed by atoms with Gasteiger partial charge in [0, 0.05) is 12.6 Å². The largest absolute Gasteiger partial charge is 0.497 e. The van der Waals surface area contributed by atoms with Gasteiger partial charge in [-0.1, -0.05) is 12.1 Å². The van der Waals surface area contributed by atoms with Gasteiger partial charge in [-0.05, 0) is 29.8 Å². The number of rotatable bonds is 4. The highest BCUT2D eigenvalue weighted by Gasteiger charge is 2.14. The third kappa shape index (κ3) is 2.84. The summed E-state index contributed by atoms with van der Waals surface area (Å²) >= 11 is 0. The Kier molecular flexibility index (Phi) is 3.89. The van der Waals surface area contributed by atoms with Crippen molar-refractivity contribution in [2.45, 2.75) is 12.5 Å². The van der Waals surface area contributed by atoms with Crippen LogP contribution in [-0.4, -0.2) is 17.2 Å². The van der Waals surface area contributed by atoms with Gasteiger partial charge in [0.25, 0.3) is 0 Å². The van der Waals surface area contributed by atoms with Crippen molar-refractivity contribution in [2.75, 3.05) is 7.11 Å². The first-order valence-electron chi connectivity index (χ1n) is 5.62. The highest BCUT2D eigenvalue weighted by atomic mass is 19.1. The quantitative estimate of drug-likeness (QED) is 0.902. The summed E-state index contributed by atoms with van der Waals surface area (Å²) in [7, 11) is 1.58. The van der Waals surface area contributed by atoms with Gasteiger partial charge in [-0.2, -0.15) is 0 Å². The molecule has 0 saturated carbocycles. The van der Waals surface area contributed by atoms with Crippen molar-refractivity contribution in [3.8, 4) is 5.75 Å². The van der Waals surface area contributed by atoms with E-state index in [9.17, 15) is 9.50 Å². The second-order valence-electron chi connectivity index (χ2n) is 3.94. The summed E-state index contributed by atoms with van der Waals surface area (Å²) in [5.74, 6) is 0.217. The van der Waals surface area contributed by atoms with Crippen molar-refractivity contribution in [3.05, 3.63) is 59.7 Å². The van der Waals surface area contributed by atoms with Gasteiger partial charge in [-0.25, -0.2) is 4.39 Å². The Labute approximate surface area is 105 Å². The minimum absolute atomic E-state index is 0.0697. The van der Waals surface area contributed by atoms with Gasteiger partial charge in [0.15, 0.2) is 0 Å². The molecule has 0 aliphatic carbocycles. The minimum Gasteiger partial charge on any atom is -0.497 e. The van der Waals surface area contributed by atoms with Crippen LogP contribution in [0.4, 0.5) is 4.39 Å². The summed E-state index contributed by atoms with van der Waals surface area (Å²) in [6.07, 6.45) is 0.802. The summed E-state index contributed by atoms with van der Waals surface area (Å²) in [4.78, 5) is 3.86. The third-order valence-corrected chi connectivity index (χ3v) is 2.67. The molecule has 2 aromatic rings. The predicted molar refractivity (Wildman–Crippen MR) is 65.9 cm³/mol. The maximum Gasteiger partial charge on any atom is 0.147 e. The number of hydrogen-bond acceptors (Lipinski definition) is 3. The van der Waals surface area contributed by atoms with E-state index >= 15 is 0 Å². The van der Waals surface area contributed by atoms with E-state index in [0.29, 0.717) is 12.2 Å². The molecule has 18 heavy (non-hydrogen) atoms. The van der Waals surface area contributed by atoms with Crippen molar-refractivity contribution in [1.29, 1.82) is 0 Å².